The minimum atomic E-state index is -0.0622. The molecule has 0 radical (unpaired) electrons. The predicted molar refractivity (Wildman–Crippen MR) is 81.2 cm³/mol. The fraction of sp³-hybridized carbons (Fsp3) is 0.938. The third-order valence-electron chi connectivity index (χ3n) is 4.30. The normalized spacial score (nSPS) is 21.1. The zero-order valence-electron chi connectivity index (χ0n) is 13.2. The van der Waals surface area contributed by atoms with E-state index in [0.717, 1.165) is 13.0 Å². The van der Waals surface area contributed by atoms with Gasteiger partial charge in [0.25, 0.3) is 0 Å². The van der Waals surface area contributed by atoms with Gasteiger partial charge in [0.05, 0.1) is 6.04 Å². The Balaban J connectivity index is 2.19. The van der Waals surface area contributed by atoms with Gasteiger partial charge in [-0.25, -0.2) is 0 Å². The number of carbonyl (C=O) groups is 1. The van der Waals surface area contributed by atoms with Crippen molar-refractivity contribution in [3.63, 3.8) is 0 Å². The summed E-state index contributed by atoms with van der Waals surface area (Å²) < 4.78 is 0. The van der Waals surface area contributed by atoms with Gasteiger partial charge in [-0.15, -0.1) is 0 Å². The summed E-state index contributed by atoms with van der Waals surface area (Å²) in [5.41, 5.74) is 0.490. The lowest BCUT2D eigenvalue weighted by Gasteiger charge is -2.35. The van der Waals surface area contributed by atoms with Crippen molar-refractivity contribution in [1.29, 1.82) is 0 Å². The molecule has 19 heavy (non-hydrogen) atoms. The number of unbranched alkanes of at least 4 members (excludes halogenated alkanes) is 2. The summed E-state index contributed by atoms with van der Waals surface area (Å²) in [6, 6.07) is 0.456. The quantitative estimate of drug-likeness (QED) is 0.696. The van der Waals surface area contributed by atoms with Gasteiger partial charge < -0.3 is 10.6 Å². The van der Waals surface area contributed by atoms with Crippen LogP contribution in [0.1, 0.15) is 72.6 Å². The summed E-state index contributed by atoms with van der Waals surface area (Å²) in [4.78, 5) is 11.9. The fourth-order valence-electron chi connectivity index (χ4n) is 2.73. The number of hydrogen-bond acceptors (Lipinski definition) is 2. The zero-order valence-corrected chi connectivity index (χ0v) is 13.2. The number of nitrogens with one attached hydrogen (secondary N) is 2. The average molecular weight is 268 g/mol. The van der Waals surface area contributed by atoms with Crippen molar-refractivity contribution in [1.82, 2.24) is 10.6 Å². The van der Waals surface area contributed by atoms with Crippen LogP contribution >= 0.6 is 0 Å². The Morgan fingerprint density at radius 1 is 1.26 bits per heavy atom. The largest absolute Gasteiger partial charge is 0.355 e. The molecule has 0 spiro atoms. The van der Waals surface area contributed by atoms with Gasteiger partial charge in [-0.3, -0.25) is 4.79 Å². The Morgan fingerprint density at radius 2 is 1.89 bits per heavy atom. The van der Waals surface area contributed by atoms with E-state index in [0.29, 0.717) is 11.5 Å². The highest BCUT2D eigenvalue weighted by Crippen LogP contribution is 2.35. The number of amides is 1. The lowest BCUT2D eigenvalue weighted by molar-refractivity contribution is -0.123. The predicted octanol–water partition coefficient (Wildman–Crippen LogP) is 3.24. The molecular formula is C16H32N2O. The molecule has 2 N–H and O–H groups in total. The summed E-state index contributed by atoms with van der Waals surface area (Å²) in [7, 11) is 0. The van der Waals surface area contributed by atoms with Crippen molar-refractivity contribution in [2.45, 2.75) is 84.7 Å². The third-order valence-corrected chi connectivity index (χ3v) is 4.30. The summed E-state index contributed by atoms with van der Waals surface area (Å²) in [6.07, 6.45) is 8.39. The Morgan fingerprint density at radius 3 is 2.47 bits per heavy atom. The van der Waals surface area contributed by atoms with E-state index in [2.05, 4.69) is 31.4 Å². The molecule has 1 unspecified atom stereocenters. The topological polar surface area (TPSA) is 41.1 Å². The Kier molecular flexibility index (Phi) is 6.84. The SMILES string of the molecule is CCCCCNC(=O)C(C)NC1CCC(C)(C)CC1. The summed E-state index contributed by atoms with van der Waals surface area (Å²) >= 11 is 0. The van der Waals surface area contributed by atoms with E-state index in [1.807, 2.05) is 6.92 Å². The first kappa shape index (κ1) is 16.5. The molecule has 0 bridgehead atoms. The molecule has 0 aromatic rings. The van der Waals surface area contributed by atoms with Crippen LogP contribution in [-0.2, 0) is 4.79 Å². The molecule has 0 saturated heterocycles. The third kappa shape index (κ3) is 6.42. The molecule has 1 aliphatic carbocycles. The van der Waals surface area contributed by atoms with Crippen molar-refractivity contribution in [2.24, 2.45) is 5.41 Å². The van der Waals surface area contributed by atoms with Gasteiger partial charge >= 0.3 is 0 Å². The van der Waals surface area contributed by atoms with Gasteiger partial charge in [0, 0.05) is 12.6 Å². The Labute approximate surface area is 118 Å². The van der Waals surface area contributed by atoms with Gasteiger partial charge in [-0.1, -0.05) is 33.6 Å². The fourth-order valence-corrected chi connectivity index (χ4v) is 2.73. The van der Waals surface area contributed by atoms with Gasteiger partial charge in [0.15, 0.2) is 0 Å². The molecule has 1 rings (SSSR count). The smallest absolute Gasteiger partial charge is 0.236 e. The lowest BCUT2D eigenvalue weighted by atomic mass is 9.75. The second-order valence-corrected chi connectivity index (χ2v) is 6.82. The van der Waals surface area contributed by atoms with Crippen LogP contribution in [0.3, 0.4) is 0 Å². The molecule has 0 aliphatic heterocycles. The summed E-state index contributed by atoms with van der Waals surface area (Å²) in [6.45, 7) is 9.65. The van der Waals surface area contributed by atoms with Crippen molar-refractivity contribution < 1.29 is 4.79 Å². The lowest BCUT2D eigenvalue weighted by Crippen LogP contribution is -2.48. The highest BCUT2D eigenvalue weighted by molar-refractivity contribution is 5.81. The van der Waals surface area contributed by atoms with Crippen LogP contribution in [0.25, 0.3) is 0 Å². The maximum atomic E-state index is 11.9. The van der Waals surface area contributed by atoms with Gasteiger partial charge in [0.1, 0.15) is 0 Å². The van der Waals surface area contributed by atoms with E-state index < -0.39 is 0 Å². The molecule has 3 nitrogen and oxygen atoms in total. The minimum Gasteiger partial charge on any atom is -0.355 e. The molecule has 112 valence electrons. The summed E-state index contributed by atoms with van der Waals surface area (Å²) in [5, 5.41) is 6.51. The molecule has 0 aromatic heterocycles. The maximum Gasteiger partial charge on any atom is 0.236 e. The van der Waals surface area contributed by atoms with Gasteiger partial charge in [-0.2, -0.15) is 0 Å². The minimum absolute atomic E-state index is 0.0622. The number of rotatable bonds is 7. The Hall–Kier alpha value is -0.570. The van der Waals surface area contributed by atoms with Gasteiger partial charge in [0.2, 0.25) is 5.91 Å². The van der Waals surface area contributed by atoms with Gasteiger partial charge in [-0.05, 0) is 44.4 Å². The standard InChI is InChI=1S/C16H32N2O/c1-5-6-7-12-17-15(19)13(2)18-14-8-10-16(3,4)11-9-14/h13-14,18H,5-12H2,1-4H3,(H,17,19). The number of hydrogen-bond donors (Lipinski definition) is 2. The van der Waals surface area contributed by atoms with E-state index >= 15 is 0 Å². The molecule has 0 aromatic carbocycles. The maximum absolute atomic E-state index is 11.9. The van der Waals surface area contributed by atoms with Crippen molar-refractivity contribution >= 4 is 5.91 Å². The van der Waals surface area contributed by atoms with Crippen LogP contribution in [0.15, 0.2) is 0 Å². The van der Waals surface area contributed by atoms with Crippen LogP contribution in [-0.4, -0.2) is 24.5 Å². The second-order valence-electron chi connectivity index (χ2n) is 6.82. The Bertz CT molecular complexity index is 266. The van der Waals surface area contributed by atoms with Crippen LogP contribution in [0.2, 0.25) is 0 Å². The molecule has 1 atom stereocenters. The molecule has 0 heterocycles. The average Bonchev–Trinajstić information content (AvgIpc) is 2.37. The molecule has 1 fully saturated rings. The summed E-state index contributed by atoms with van der Waals surface area (Å²) in [5.74, 6) is 0.154. The molecule has 1 amide bonds. The van der Waals surface area contributed by atoms with Crippen molar-refractivity contribution in [3.8, 4) is 0 Å². The van der Waals surface area contributed by atoms with Crippen LogP contribution < -0.4 is 10.6 Å². The number of carbonyl (C=O) groups excluding carboxylic acids is 1. The van der Waals surface area contributed by atoms with E-state index in [1.54, 1.807) is 0 Å². The monoisotopic (exact) mass is 268 g/mol. The first-order valence-corrected chi connectivity index (χ1v) is 7.98. The van der Waals surface area contributed by atoms with Crippen LogP contribution in [0, 0.1) is 5.41 Å². The highest BCUT2D eigenvalue weighted by atomic mass is 16.2. The van der Waals surface area contributed by atoms with E-state index in [4.69, 9.17) is 0 Å². The molecule has 3 heteroatoms. The first-order valence-electron chi connectivity index (χ1n) is 7.98. The van der Waals surface area contributed by atoms with E-state index in [1.165, 1.54) is 38.5 Å². The van der Waals surface area contributed by atoms with Crippen molar-refractivity contribution in [3.05, 3.63) is 0 Å². The molecule has 1 aliphatic rings. The zero-order chi connectivity index (χ0) is 14.3. The first-order chi connectivity index (χ1) is 8.94. The van der Waals surface area contributed by atoms with E-state index in [-0.39, 0.29) is 11.9 Å². The molecule has 1 saturated carbocycles. The second kappa shape index (κ2) is 7.88. The van der Waals surface area contributed by atoms with Crippen LogP contribution in [0.4, 0.5) is 0 Å². The van der Waals surface area contributed by atoms with E-state index in [9.17, 15) is 4.79 Å². The van der Waals surface area contributed by atoms with Crippen LogP contribution in [0.5, 0.6) is 0 Å². The molecular weight excluding hydrogens is 236 g/mol. The highest BCUT2D eigenvalue weighted by Gasteiger charge is 2.28. The van der Waals surface area contributed by atoms with Crippen molar-refractivity contribution in [2.75, 3.05) is 6.54 Å².